The lowest BCUT2D eigenvalue weighted by Gasteiger charge is -2.11. The van der Waals surface area contributed by atoms with Gasteiger partial charge in [-0.2, -0.15) is 36.7 Å². The van der Waals surface area contributed by atoms with Crippen molar-refractivity contribution >= 4 is 55.6 Å². The summed E-state index contributed by atoms with van der Waals surface area (Å²) in [6.07, 6.45) is 3.52. The number of aromatic nitrogens is 2. The zero-order valence-corrected chi connectivity index (χ0v) is 23.6. The van der Waals surface area contributed by atoms with Crippen molar-refractivity contribution in [2.45, 2.75) is 9.79 Å². The summed E-state index contributed by atoms with van der Waals surface area (Å²) in [5.41, 5.74) is -1.07. The van der Waals surface area contributed by atoms with Gasteiger partial charge in [0, 0.05) is 0 Å². The van der Waals surface area contributed by atoms with Gasteiger partial charge in [-0.1, -0.05) is 6.08 Å². The van der Waals surface area contributed by atoms with Crippen LogP contribution in [0.2, 0.25) is 0 Å². The molecule has 43 heavy (non-hydrogen) atoms. The van der Waals surface area contributed by atoms with E-state index in [0.29, 0.717) is 0 Å². The zero-order chi connectivity index (χ0) is 31.7. The molecule has 2 heterocycles. The van der Waals surface area contributed by atoms with E-state index in [4.69, 9.17) is 9.47 Å². The van der Waals surface area contributed by atoms with Crippen LogP contribution in [0, 0.1) is 0 Å². The van der Waals surface area contributed by atoms with Gasteiger partial charge in [0.2, 0.25) is 5.88 Å². The first kappa shape index (κ1) is 30.8. The summed E-state index contributed by atoms with van der Waals surface area (Å²) in [6, 6.07) is 8.91. The van der Waals surface area contributed by atoms with E-state index in [9.17, 15) is 45.4 Å². The highest BCUT2D eigenvalue weighted by atomic mass is 32.2. The van der Waals surface area contributed by atoms with Gasteiger partial charge in [-0.15, -0.1) is 0 Å². The number of hydrogen-bond acceptors (Lipinski definition) is 12. The van der Waals surface area contributed by atoms with E-state index in [0.717, 1.165) is 54.3 Å². The van der Waals surface area contributed by atoms with Crippen LogP contribution >= 0.6 is 0 Å². The number of aromatic hydroxyl groups is 1. The highest BCUT2D eigenvalue weighted by Crippen LogP contribution is 2.29. The van der Waals surface area contributed by atoms with Crippen LogP contribution in [0.4, 0.5) is 5.69 Å². The number of benzene rings is 2. The van der Waals surface area contributed by atoms with E-state index in [1.807, 2.05) is 0 Å². The highest BCUT2D eigenvalue weighted by molar-refractivity contribution is 7.86. The van der Waals surface area contributed by atoms with Gasteiger partial charge < -0.3 is 14.6 Å². The standard InChI is InChI=1S/C25H20N4O12S2/c1-40-24(32)20-18(22(30)28(26-20)14-6-10-16(11-7-14)42(34,35)36)4-3-5-19-21(25(33)41-2)27-29(23(19)31)15-8-12-17(13-9-15)43(37,38)39/h3-13,30H,1-2H3,(H,34,35,36)(H,37,38,39)/b4-3-,19-5-. The minimum Gasteiger partial charge on any atom is -0.493 e. The van der Waals surface area contributed by atoms with E-state index >= 15 is 0 Å². The molecule has 0 unspecified atom stereocenters. The largest absolute Gasteiger partial charge is 0.493 e. The maximum atomic E-state index is 13.2. The molecule has 0 saturated heterocycles. The molecule has 2 aromatic carbocycles. The monoisotopic (exact) mass is 632 g/mol. The van der Waals surface area contributed by atoms with Gasteiger partial charge >= 0.3 is 11.9 Å². The number of anilines is 1. The molecule has 1 aliphatic heterocycles. The second kappa shape index (κ2) is 11.6. The number of rotatable bonds is 8. The van der Waals surface area contributed by atoms with Gasteiger partial charge in [0.25, 0.3) is 26.1 Å². The maximum absolute atomic E-state index is 13.2. The molecule has 1 aliphatic rings. The number of esters is 2. The topological polar surface area (TPSA) is 232 Å². The Hall–Kier alpha value is -5.17. The van der Waals surface area contributed by atoms with Gasteiger partial charge in [-0.3, -0.25) is 13.9 Å². The molecule has 0 aliphatic carbocycles. The smallest absolute Gasteiger partial charge is 0.359 e. The third-order valence-electron chi connectivity index (χ3n) is 5.82. The van der Waals surface area contributed by atoms with Gasteiger partial charge in [0.1, 0.15) is 0 Å². The zero-order valence-electron chi connectivity index (χ0n) is 22.0. The molecule has 0 fully saturated rings. The van der Waals surface area contributed by atoms with Crippen molar-refractivity contribution in [1.29, 1.82) is 0 Å². The first-order valence-electron chi connectivity index (χ1n) is 11.6. The number of hydrogen-bond donors (Lipinski definition) is 3. The normalized spacial score (nSPS) is 14.8. The van der Waals surface area contributed by atoms with E-state index in [-0.39, 0.29) is 28.2 Å². The van der Waals surface area contributed by atoms with E-state index in [1.165, 1.54) is 36.4 Å². The first-order chi connectivity index (χ1) is 20.2. The Labute approximate surface area is 243 Å². The number of allylic oxidation sites excluding steroid dienone is 2. The average molecular weight is 633 g/mol. The minimum atomic E-state index is -4.50. The molecule has 0 spiro atoms. The summed E-state index contributed by atoms with van der Waals surface area (Å²) in [5.74, 6) is -3.35. The Morgan fingerprint density at radius 3 is 1.84 bits per heavy atom. The maximum Gasteiger partial charge on any atom is 0.359 e. The minimum absolute atomic E-state index is 0.0538. The van der Waals surface area contributed by atoms with Crippen molar-refractivity contribution < 1.29 is 54.9 Å². The predicted molar refractivity (Wildman–Crippen MR) is 147 cm³/mol. The summed E-state index contributed by atoms with van der Waals surface area (Å²) in [5, 5.41) is 19.6. The van der Waals surface area contributed by atoms with Crippen LogP contribution in [-0.4, -0.2) is 78.6 Å². The molecular formula is C25H20N4O12S2. The van der Waals surface area contributed by atoms with Crippen molar-refractivity contribution in [3.8, 4) is 11.6 Å². The molecule has 1 aromatic heterocycles. The fourth-order valence-electron chi connectivity index (χ4n) is 3.75. The molecule has 1 amide bonds. The SMILES string of the molecule is COC(=O)C1=NN(c2ccc(S(=O)(=O)O)cc2)C(=O)/C1=C\C=C/c1c(C(=O)OC)nn(-c2ccc(S(=O)(=O)O)cc2)c1O. The molecule has 18 heteroatoms. The van der Waals surface area contributed by atoms with Crippen LogP contribution in [0.1, 0.15) is 16.1 Å². The summed E-state index contributed by atoms with van der Waals surface area (Å²) >= 11 is 0. The molecule has 3 aromatic rings. The lowest BCUT2D eigenvalue weighted by atomic mass is 10.1. The molecule has 0 bridgehead atoms. The van der Waals surface area contributed by atoms with Crippen molar-refractivity contribution in [1.82, 2.24) is 9.78 Å². The molecular weight excluding hydrogens is 612 g/mol. The van der Waals surface area contributed by atoms with E-state index in [1.54, 1.807) is 0 Å². The Morgan fingerprint density at radius 2 is 1.35 bits per heavy atom. The average Bonchev–Trinajstić information content (AvgIpc) is 3.47. The lowest BCUT2D eigenvalue weighted by molar-refractivity contribution is -0.132. The van der Waals surface area contributed by atoms with Crippen LogP contribution in [0.5, 0.6) is 5.88 Å². The van der Waals surface area contributed by atoms with Gasteiger partial charge in [-0.05, 0) is 60.7 Å². The van der Waals surface area contributed by atoms with Crippen LogP contribution in [0.3, 0.4) is 0 Å². The molecule has 0 radical (unpaired) electrons. The van der Waals surface area contributed by atoms with Crippen molar-refractivity contribution in [3.63, 3.8) is 0 Å². The summed E-state index contributed by atoms with van der Waals surface area (Å²) in [7, 11) is -6.86. The first-order valence-corrected chi connectivity index (χ1v) is 14.5. The Bertz CT molecular complexity index is 1940. The van der Waals surface area contributed by atoms with Gasteiger partial charge in [0.05, 0.1) is 46.5 Å². The number of carbonyl (C=O) groups is 3. The van der Waals surface area contributed by atoms with Crippen LogP contribution in [0.25, 0.3) is 11.8 Å². The number of ether oxygens (including phenoxy) is 2. The molecule has 0 saturated carbocycles. The summed E-state index contributed by atoms with van der Waals surface area (Å²) in [6.45, 7) is 0. The Kier molecular flexibility index (Phi) is 8.31. The van der Waals surface area contributed by atoms with Crippen LogP contribution < -0.4 is 5.01 Å². The molecule has 3 N–H and O–H groups in total. The number of hydrazone groups is 1. The molecule has 16 nitrogen and oxygen atoms in total. The third kappa shape index (κ3) is 6.21. The number of carbonyl (C=O) groups excluding carboxylic acids is 3. The van der Waals surface area contributed by atoms with Crippen LogP contribution in [0.15, 0.2) is 81.1 Å². The Balaban J connectivity index is 1.72. The highest BCUT2D eigenvalue weighted by Gasteiger charge is 2.35. The van der Waals surface area contributed by atoms with Crippen molar-refractivity contribution in [2.24, 2.45) is 5.10 Å². The number of methoxy groups -OCH3 is 2. The molecule has 0 atom stereocenters. The second-order valence-electron chi connectivity index (χ2n) is 8.42. The van der Waals surface area contributed by atoms with Gasteiger partial charge in [0.15, 0.2) is 11.4 Å². The molecule has 224 valence electrons. The lowest BCUT2D eigenvalue weighted by Crippen LogP contribution is -2.22. The fourth-order valence-corrected chi connectivity index (χ4v) is 4.71. The van der Waals surface area contributed by atoms with Gasteiger partial charge in [-0.25, -0.2) is 9.59 Å². The number of amides is 1. The summed E-state index contributed by atoms with van der Waals surface area (Å²) < 4.78 is 74.0. The predicted octanol–water partition coefficient (Wildman–Crippen LogP) is 1.37. The third-order valence-corrected chi connectivity index (χ3v) is 7.55. The Morgan fingerprint density at radius 1 is 0.837 bits per heavy atom. The number of nitrogens with zero attached hydrogens (tertiary/aromatic N) is 4. The van der Waals surface area contributed by atoms with Crippen molar-refractivity contribution in [2.75, 3.05) is 19.2 Å². The molecule has 4 rings (SSSR count). The van der Waals surface area contributed by atoms with Crippen molar-refractivity contribution in [3.05, 3.63) is 77.5 Å². The van der Waals surface area contributed by atoms with Crippen LogP contribution in [-0.2, 0) is 39.3 Å². The van der Waals surface area contributed by atoms with E-state index < -0.39 is 59.5 Å². The summed E-state index contributed by atoms with van der Waals surface area (Å²) in [4.78, 5) is 37.1. The second-order valence-corrected chi connectivity index (χ2v) is 11.3. The fraction of sp³-hybridized carbons (Fsp3) is 0.0800. The quantitative estimate of drug-likeness (QED) is 0.181. The van der Waals surface area contributed by atoms with E-state index in [2.05, 4.69) is 10.2 Å².